The monoisotopic (exact) mass is 350 g/mol. The van der Waals surface area contributed by atoms with Gasteiger partial charge in [-0.3, -0.25) is 4.98 Å². The fourth-order valence-corrected chi connectivity index (χ4v) is 3.89. The van der Waals surface area contributed by atoms with E-state index in [2.05, 4.69) is 96.2 Å². The van der Waals surface area contributed by atoms with Crippen LogP contribution in [0, 0.1) is 6.92 Å². The van der Waals surface area contributed by atoms with Gasteiger partial charge in [0.05, 0.1) is 18.1 Å². The molecule has 3 aromatic carbocycles. The maximum atomic E-state index is 4.88. The highest BCUT2D eigenvalue weighted by Crippen LogP contribution is 2.33. The molecule has 5 rings (SSSR count). The summed E-state index contributed by atoms with van der Waals surface area (Å²) in [6, 6.07) is 23.3. The molecular weight excluding hydrogens is 330 g/mol. The second-order valence-electron chi connectivity index (χ2n) is 6.94. The van der Waals surface area contributed by atoms with Crippen molar-refractivity contribution in [3.63, 3.8) is 0 Å². The van der Waals surface area contributed by atoms with Crippen molar-refractivity contribution < 1.29 is 4.57 Å². The average Bonchev–Trinajstić information content (AvgIpc) is 3.09. The molecule has 27 heavy (non-hydrogen) atoms. The summed E-state index contributed by atoms with van der Waals surface area (Å²) in [6.45, 7) is 2.16. The van der Waals surface area contributed by atoms with Gasteiger partial charge in [-0.1, -0.05) is 54.6 Å². The number of hydrogen-bond donors (Lipinski definition) is 0. The lowest BCUT2D eigenvalue weighted by molar-refractivity contribution is -0.659. The maximum absolute atomic E-state index is 4.88. The minimum atomic E-state index is 1.04. The molecule has 0 fully saturated rings. The van der Waals surface area contributed by atoms with Crippen molar-refractivity contribution in [1.82, 2.24) is 9.55 Å². The lowest BCUT2D eigenvalue weighted by Gasteiger charge is -2.11. The van der Waals surface area contributed by atoms with E-state index < -0.39 is 0 Å². The van der Waals surface area contributed by atoms with E-state index in [0.717, 1.165) is 17.0 Å². The van der Waals surface area contributed by atoms with Gasteiger partial charge < -0.3 is 0 Å². The molecule has 0 amide bonds. The molecule has 2 aromatic heterocycles. The Hall–Kier alpha value is -3.46. The van der Waals surface area contributed by atoms with E-state index in [1.165, 1.54) is 27.3 Å². The fraction of sp³-hybridized carbons (Fsp3) is 0.0833. The molecule has 0 N–H and O–H groups in total. The lowest BCUT2D eigenvalue weighted by atomic mass is 9.99. The fourth-order valence-electron chi connectivity index (χ4n) is 3.89. The summed E-state index contributed by atoms with van der Waals surface area (Å²) in [7, 11) is 2.09. The van der Waals surface area contributed by atoms with Crippen molar-refractivity contribution in [2.24, 2.45) is 7.05 Å². The van der Waals surface area contributed by atoms with Gasteiger partial charge >= 0.3 is 0 Å². The van der Waals surface area contributed by atoms with Crippen LogP contribution in [0.5, 0.6) is 0 Å². The molecule has 0 unspecified atom stereocenters. The zero-order valence-corrected chi connectivity index (χ0v) is 15.4. The average molecular weight is 350 g/mol. The predicted molar refractivity (Wildman–Crippen MR) is 110 cm³/mol. The Bertz CT molecular complexity index is 1280. The van der Waals surface area contributed by atoms with E-state index >= 15 is 0 Å². The molecule has 0 saturated heterocycles. The first-order valence-corrected chi connectivity index (χ1v) is 9.14. The molecular formula is C24H20N3+. The zero-order valence-electron chi connectivity index (χ0n) is 15.4. The molecule has 3 heteroatoms. The van der Waals surface area contributed by atoms with Gasteiger partial charge in [0.2, 0.25) is 0 Å². The van der Waals surface area contributed by atoms with Gasteiger partial charge in [-0.15, -0.1) is 0 Å². The number of aryl methyl sites for hydroxylation is 2. The summed E-state index contributed by atoms with van der Waals surface area (Å²) in [6.07, 6.45) is 6.20. The summed E-state index contributed by atoms with van der Waals surface area (Å²) in [4.78, 5) is 4.88. The highest BCUT2D eigenvalue weighted by atomic mass is 15.1. The van der Waals surface area contributed by atoms with Gasteiger partial charge in [0.25, 0.3) is 5.82 Å². The van der Waals surface area contributed by atoms with Crippen LogP contribution < -0.4 is 4.57 Å². The van der Waals surface area contributed by atoms with Crippen molar-refractivity contribution in [2.45, 2.75) is 6.92 Å². The maximum Gasteiger partial charge on any atom is 0.296 e. The van der Waals surface area contributed by atoms with E-state index in [1.807, 2.05) is 12.3 Å². The smallest absolute Gasteiger partial charge is 0.255 e. The van der Waals surface area contributed by atoms with Crippen LogP contribution >= 0.6 is 0 Å². The van der Waals surface area contributed by atoms with E-state index in [4.69, 9.17) is 4.98 Å². The number of fused-ring (bicyclic) bond motifs is 3. The SMILES string of the molecule is Cc1ccc2c(ncc3ccccc32)c1-c1n(-c2ccccc2)cc[n+]1C. The molecule has 0 radical (unpaired) electrons. The third-order valence-corrected chi connectivity index (χ3v) is 5.23. The third kappa shape index (κ3) is 2.43. The highest BCUT2D eigenvalue weighted by Gasteiger charge is 2.24. The van der Waals surface area contributed by atoms with Crippen LogP contribution in [0.4, 0.5) is 0 Å². The second kappa shape index (κ2) is 6.06. The van der Waals surface area contributed by atoms with Gasteiger partial charge in [-0.25, -0.2) is 4.57 Å². The first-order valence-electron chi connectivity index (χ1n) is 9.14. The largest absolute Gasteiger partial charge is 0.296 e. The summed E-state index contributed by atoms with van der Waals surface area (Å²) < 4.78 is 4.41. The van der Waals surface area contributed by atoms with Crippen molar-refractivity contribution in [1.29, 1.82) is 0 Å². The predicted octanol–water partition coefficient (Wildman–Crippen LogP) is 4.98. The lowest BCUT2D eigenvalue weighted by Crippen LogP contribution is -2.29. The van der Waals surface area contributed by atoms with Gasteiger partial charge in [-0.05, 0) is 30.0 Å². The number of pyridine rings is 1. The Kier molecular flexibility index (Phi) is 3.54. The van der Waals surface area contributed by atoms with Gasteiger partial charge in [0.15, 0.2) is 0 Å². The van der Waals surface area contributed by atoms with Crippen molar-refractivity contribution >= 4 is 21.7 Å². The molecule has 0 spiro atoms. The second-order valence-corrected chi connectivity index (χ2v) is 6.94. The molecule has 3 nitrogen and oxygen atoms in total. The quantitative estimate of drug-likeness (QED) is 0.325. The van der Waals surface area contributed by atoms with Gasteiger partial charge in [0.1, 0.15) is 18.1 Å². The Morgan fingerprint density at radius 3 is 2.48 bits per heavy atom. The first-order chi connectivity index (χ1) is 13.2. The topological polar surface area (TPSA) is 21.7 Å². The molecule has 0 saturated carbocycles. The molecule has 130 valence electrons. The number of benzene rings is 3. The summed E-state index contributed by atoms with van der Waals surface area (Å²) in [5.41, 5.74) is 4.58. The first kappa shape index (κ1) is 15.8. The van der Waals surface area contributed by atoms with Crippen LogP contribution in [0.25, 0.3) is 38.8 Å². The Morgan fingerprint density at radius 1 is 0.852 bits per heavy atom. The molecule has 0 bridgehead atoms. The molecule has 5 aromatic rings. The molecule has 0 aliphatic heterocycles. The van der Waals surface area contributed by atoms with Crippen molar-refractivity contribution in [3.05, 3.63) is 90.9 Å². The van der Waals surface area contributed by atoms with Gasteiger partial charge in [-0.2, -0.15) is 4.57 Å². The van der Waals surface area contributed by atoms with Crippen LogP contribution in [-0.4, -0.2) is 9.55 Å². The van der Waals surface area contributed by atoms with Crippen LogP contribution in [0.3, 0.4) is 0 Å². The highest BCUT2D eigenvalue weighted by molar-refractivity contribution is 6.09. The normalized spacial score (nSPS) is 11.3. The minimum Gasteiger partial charge on any atom is -0.255 e. The molecule has 0 atom stereocenters. The number of para-hydroxylation sites is 1. The Balaban J connectivity index is 1.88. The number of aromatic nitrogens is 3. The standard InChI is InChI=1S/C24H20N3/c1-17-12-13-21-20-11-7-6-8-18(20)16-25-23(21)22(17)24-26(2)14-15-27(24)19-9-4-3-5-10-19/h3-16H,1-2H3/q+1. The van der Waals surface area contributed by atoms with Crippen molar-refractivity contribution in [3.8, 4) is 17.1 Å². The third-order valence-electron chi connectivity index (χ3n) is 5.23. The Labute approximate surface area is 158 Å². The number of rotatable bonds is 2. The summed E-state index contributed by atoms with van der Waals surface area (Å²) in [5, 5.41) is 3.60. The van der Waals surface area contributed by atoms with E-state index in [1.54, 1.807) is 0 Å². The number of nitrogens with zero attached hydrogens (tertiary/aromatic N) is 3. The minimum absolute atomic E-state index is 1.04. The number of hydrogen-bond acceptors (Lipinski definition) is 1. The van der Waals surface area contributed by atoms with Crippen LogP contribution in [0.2, 0.25) is 0 Å². The zero-order chi connectivity index (χ0) is 18.4. The molecule has 0 aliphatic rings. The summed E-state index contributed by atoms with van der Waals surface area (Å²) >= 11 is 0. The van der Waals surface area contributed by atoms with Crippen LogP contribution in [0.15, 0.2) is 85.3 Å². The molecule has 0 aliphatic carbocycles. The Morgan fingerprint density at radius 2 is 1.63 bits per heavy atom. The van der Waals surface area contributed by atoms with Crippen molar-refractivity contribution in [2.75, 3.05) is 0 Å². The van der Waals surface area contributed by atoms with E-state index in [9.17, 15) is 0 Å². The summed E-state index contributed by atoms with van der Waals surface area (Å²) in [5.74, 6) is 1.13. The van der Waals surface area contributed by atoms with E-state index in [0.29, 0.717) is 0 Å². The van der Waals surface area contributed by atoms with Crippen LogP contribution in [-0.2, 0) is 7.05 Å². The molecule has 2 heterocycles. The van der Waals surface area contributed by atoms with Crippen LogP contribution in [0.1, 0.15) is 5.56 Å². The van der Waals surface area contributed by atoms with Gasteiger partial charge in [0, 0.05) is 17.0 Å². The van der Waals surface area contributed by atoms with E-state index in [-0.39, 0.29) is 0 Å². The number of imidazole rings is 1.